The molecule has 1 saturated heterocycles. The van der Waals surface area contributed by atoms with Crippen LogP contribution in [-0.4, -0.2) is 58.5 Å². The number of fused-ring (bicyclic) bond motifs is 7. The summed E-state index contributed by atoms with van der Waals surface area (Å²) in [7, 11) is 0. The van der Waals surface area contributed by atoms with Crippen molar-refractivity contribution < 1.29 is 29.0 Å². The van der Waals surface area contributed by atoms with E-state index in [1.807, 2.05) is 4.90 Å². The zero-order valence-corrected chi connectivity index (χ0v) is 31.2. The highest BCUT2D eigenvalue weighted by atomic mass is 16.5. The van der Waals surface area contributed by atoms with Crippen LogP contribution >= 0.6 is 0 Å². The Morgan fingerprint density at radius 2 is 1.58 bits per heavy atom. The van der Waals surface area contributed by atoms with Crippen molar-refractivity contribution in [2.45, 2.75) is 151 Å². The van der Waals surface area contributed by atoms with Gasteiger partial charge in [-0.25, -0.2) is 4.79 Å². The maximum Gasteiger partial charge on any atom is 0.318 e. The van der Waals surface area contributed by atoms with E-state index >= 15 is 0 Å². The Bertz CT molecular complexity index is 1410. The summed E-state index contributed by atoms with van der Waals surface area (Å²) in [5.74, 6) is 0.0907. The zero-order valence-electron chi connectivity index (χ0n) is 31.2. The normalized spacial score (nSPS) is 40.5. The largest absolute Gasteiger partial charge is 0.481 e. The van der Waals surface area contributed by atoms with Gasteiger partial charge < -0.3 is 20.1 Å². The number of nitrogens with zero attached hydrogens (tertiary/aromatic N) is 1. The van der Waals surface area contributed by atoms with Crippen LogP contribution in [0.5, 0.6) is 0 Å². The lowest BCUT2D eigenvalue weighted by atomic mass is 9.33. The molecule has 0 aromatic carbocycles. The van der Waals surface area contributed by atoms with Crippen LogP contribution in [0.4, 0.5) is 4.79 Å². The van der Waals surface area contributed by atoms with E-state index in [-0.39, 0.29) is 57.8 Å². The fourth-order valence-electron chi connectivity index (χ4n) is 12.8. The molecule has 0 aromatic rings. The predicted octanol–water partition coefficient (Wildman–Crippen LogP) is 7.94. The van der Waals surface area contributed by atoms with Crippen LogP contribution < -0.4 is 5.32 Å². The predicted molar refractivity (Wildman–Crippen MR) is 185 cm³/mol. The smallest absolute Gasteiger partial charge is 0.318 e. The van der Waals surface area contributed by atoms with Crippen LogP contribution in [0.1, 0.15) is 139 Å². The van der Waals surface area contributed by atoms with Crippen LogP contribution in [0, 0.1) is 50.7 Å². The molecule has 2 N–H and O–H groups in total. The van der Waals surface area contributed by atoms with Crippen molar-refractivity contribution in [1.29, 1.82) is 0 Å². The molecule has 6 aliphatic rings. The maximum atomic E-state index is 13.9. The van der Waals surface area contributed by atoms with Gasteiger partial charge in [-0.1, -0.05) is 48.5 Å². The molecular formula is C40H62N2O6. The maximum absolute atomic E-state index is 13.9. The SMILES string of the molecule is CC(C)C1=C2C3CCC4C(C)(CCC5C(C)(C)[C@@H](OC(=O)CC(C)(C)C(=O)O)CC[C@@]54C)[C@]3(C)CC[C@@]2(NC(=O)N2CCCC2)CC1=O. The van der Waals surface area contributed by atoms with Crippen LogP contribution in [0.3, 0.4) is 0 Å². The van der Waals surface area contributed by atoms with Crippen LogP contribution in [0.25, 0.3) is 0 Å². The van der Waals surface area contributed by atoms with Gasteiger partial charge in [-0.2, -0.15) is 0 Å². The van der Waals surface area contributed by atoms with Crippen molar-refractivity contribution in [3.63, 3.8) is 0 Å². The minimum atomic E-state index is -1.16. The number of ether oxygens (including phenoxy) is 1. The Balaban J connectivity index is 1.29. The summed E-state index contributed by atoms with van der Waals surface area (Å²) in [5, 5.41) is 13.1. The number of likely N-dealkylation sites (tertiary alicyclic amines) is 1. The zero-order chi connectivity index (χ0) is 35.2. The first-order chi connectivity index (χ1) is 22.2. The molecule has 4 saturated carbocycles. The molecular weight excluding hydrogens is 604 g/mol. The fourth-order valence-corrected chi connectivity index (χ4v) is 12.8. The molecule has 48 heavy (non-hydrogen) atoms. The van der Waals surface area contributed by atoms with Gasteiger partial charge in [0, 0.05) is 24.9 Å². The van der Waals surface area contributed by atoms with Crippen molar-refractivity contribution in [2.24, 2.45) is 50.7 Å². The lowest BCUT2D eigenvalue weighted by Crippen LogP contribution is -2.67. The van der Waals surface area contributed by atoms with Gasteiger partial charge >= 0.3 is 18.0 Å². The van der Waals surface area contributed by atoms with Gasteiger partial charge in [-0.15, -0.1) is 0 Å². The summed E-state index contributed by atoms with van der Waals surface area (Å²) < 4.78 is 6.15. The van der Waals surface area contributed by atoms with Gasteiger partial charge in [-0.3, -0.25) is 14.4 Å². The Morgan fingerprint density at radius 1 is 0.917 bits per heavy atom. The lowest BCUT2D eigenvalue weighted by Gasteiger charge is -2.72. The highest BCUT2D eigenvalue weighted by Gasteiger charge is 2.70. The molecule has 6 rings (SSSR count). The number of ketones is 1. The van der Waals surface area contributed by atoms with E-state index in [1.165, 1.54) is 5.57 Å². The number of rotatable bonds is 6. The van der Waals surface area contributed by atoms with E-state index in [0.29, 0.717) is 18.3 Å². The molecule has 8 atom stereocenters. The first-order valence-corrected chi connectivity index (χ1v) is 19.0. The molecule has 0 spiro atoms. The quantitative estimate of drug-likeness (QED) is 0.279. The number of esters is 1. The van der Waals surface area contributed by atoms with Crippen molar-refractivity contribution in [1.82, 2.24) is 10.2 Å². The Morgan fingerprint density at radius 3 is 2.21 bits per heavy atom. The molecule has 5 aliphatic carbocycles. The van der Waals surface area contributed by atoms with Crippen molar-refractivity contribution >= 4 is 23.8 Å². The van der Waals surface area contributed by atoms with E-state index < -0.39 is 22.9 Å². The van der Waals surface area contributed by atoms with E-state index in [0.717, 1.165) is 82.9 Å². The van der Waals surface area contributed by atoms with Crippen LogP contribution in [0.2, 0.25) is 0 Å². The first kappa shape index (κ1) is 35.4. The molecule has 1 heterocycles. The van der Waals surface area contributed by atoms with Gasteiger partial charge in [0.25, 0.3) is 0 Å². The molecule has 1 aliphatic heterocycles. The monoisotopic (exact) mass is 666 g/mol. The molecule has 0 aromatic heterocycles. The molecule has 5 fully saturated rings. The van der Waals surface area contributed by atoms with Gasteiger partial charge in [0.15, 0.2) is 5.78 Å². The highest BCUT2D eigenvalue weighted by Crippen LogP contribution is 2.76. The molecule has 0 bridgehead atoms. The molecule has 8 nitrogen and oxygen atoms in total. The lowest BCUT2D eigenvalue weighted by molar-refractivity contribution is -0.232. The Hall–Kier alpha value is -2.38. The van der Waals surface area contributed by atoms with E-state index in [9.17, 15) is 24.3 Å². The molecule has 4 unspecified atom stereocenters. The number of aliphatic carboxylic acids is 1. The topological polar surface area (TPSA) is 113 Å². The van der Waals surface area contributed by atoms with Gasteiger partial charge in [0.1, 0.15) is 6.10 Å². The highest BCUT2D eigenvalue weighted by molar-refractivity contribution is 6.02. The minimum absolute atomic E-state index is 0.00172. The summed E-state index contributed by atoms with van der Waals surface area (Å²) >= 11 is 0. The summed E-state index contributed by atoms with van der Waals surface area (Å²) in [4.78, 5) is 54.2. The third kappa shape index (κ3) is 5.10. The summed E-state index contributed by atoms with van der Waals surface area (Å²) in [5.41, 5.74) is 0.452. The number of Topliss-reactive ketones (excluding diaryl/α,β-unsaturated/α-hetero) is 1. The minimum Gasteiger partial charge on any atom is -0.481 e. The molecule has 8 heteroatoms. The average Bonchev–Trinajstić information content (AvgIpc) is 3.61. The van der Waals surface area contributed by atoms with E-state index in [4.69, 9.17) is 4.74 Å². The van der Waals surface area contributed by atoms with Gasteiger partial charge in [-0.05, 0) is 129 Å². The van der Waals surface area contributed by atoms with Crippen molar-refractivity contribution in [3.8, 4) is 0 Å². The number of carbonyl (C=O) groups excluding carboxylic acids is 3. The number of carboxylic acids is 1. The first-order valence-electron chi connectivity index (χ1n) is 19.0. The van der Waals surface area contributed by atoms with Gasteiger partial charge in [0.2, 0.25) is 0 Å². The number of urea groups is 1. The Kier molecular flexibility index (Phi) is 8.55. The average molecular weight is 667 g/mol. The van der Waals surface area contributed by atoms with Crippen LogP contribution in [0.15, 0.2) is 11.1 Å². The number of carboxylic acid groups (broad SMARTS) is 1. The van der Waals surface area contributed by atoms with Crippen molar-refractivity contribution in [2.75, 3.05) is 13.1 Å². The third-order valence-corrected chi connectivity index (χ3v) is 15.5. The number of amides is 2. The third-order valence-electron chi connectivity index (χ3n) is 15.5. The van der Waals surface area contributed by atoms with Crippen molar-refractivity contribution in [3.05, 3.63) is 11.1 Å². The summed E-state index contributed by atoms with van der Waals surface area (Å²) in [6.07, 6.45) is 9.97. The van der Waals surface area contributed by atoms with E-state index in [2.05, 4.69) is 53.8 Å². The molecule has 0 radical (unpaired) electrons. The Labute approximate surface area is 288 Å². The number of hydrogen-bond donors (Lipinski definition) is 2. The number of carbonyl (C=O) groups is 4. The van der Waals surface area contributed by atoms with Crippen LogP contribution in [-0.2, 0) is 19.1 Å². The van der Waals surface area contributed by atoms with Gasteiger partial charge in [0.05, 0.1) is 17.4 Å². The number of nitrogens with one attached hydrogen (secondary N) is 1. The second-order valence-electron chi connectivity index (χ2n) is 19.1. The number of allylic oxidation sites excluding steroid dienone is 1. The molecule has 2 amide bonds. The summed E-state index contributed by atoms with van der Waals surface area (Å²) in [6.45, 7) is 21.2. The molecule has 268 valence electrons. The second kappa shape index (κ2) is 11.6. The number of hydrogen-bond acceptors (Lipinski definition) is 5. The standard InChI is InChI=1S/C40H62N2O6/c1-24(2)31-26(43)22-40(41-34(47)42-20-10-11-21-42)19-18-38(8)25(32(31)40)12-13-28-37(7)16-15-29(48-30(44)23-35(3,4)33(45)46)36(5,6)27(37)14-17-39(28,38)9/h24-25,27-29H,10-23H2,1-9H3,(H,41,47)(H,45,46)/t25?,27?,28?,29-,37-,38+,39?,40+/m0/s1. The van der Waals surface area contributed by atoms with E-state index in [1.54, 1.807) is 13.8 Å². The second-order valence-corrected chi connectivity index (χ2v) is 19.1. The summed E-state index contributed by atoms with van der Waals surface area (Å²) in [6, 6.07) is 0.00513. The fraction of sp³-hybridized carbons (Fsp3) is 0.850.